The lowest BCUT2D eigenvalue weighted by molar-refractivity contribution is 0.0230. The molecule has 1 fully saturated rings. The van der Waals surface area contributed by atoms with Crippen LogP contribution in [0.2, 0.25) is 0 Å². The Bertz CT molecular complexity index is 943. The van der Waals surface area contributed by atoms with Crippen LogP contribution in [-0.4, -0.2) is 24.8 Å². The molecule has 29 heavy (non-hydrogen) atoms. The third-order valence-electron chi connectivity index (χ3n) is 5.24. The average Bonchev–Trinajstić information content (AvgIpc) is 3.00. The smallest absolute Gasteiger partial charge is 0.214 e. The normalized spacial score (nSPS) is 22.2. The quantitative estimate of drug-likeness (QED) is 0.711. The van der Waals surface area contributed by atoms with Gasteiger partial charge in [-0.05, 0) is 68.5 Å². The Morgan fingerprint density at radius 1 is 1.17 bits per heavy atom. The van der Waals surface area contributed by atoms with Crippen molar-refractivity contribution in [2.75, 3.05) is 0 Å². The minimum absolute atomic E-state index is 0.00485. The van der Waals surface area contributed by atoms with E-state index in [0.29, 0.717) is 36.1 Å². The van der Waals surface area contributed by atoms with Gasteiger partial charge in [-0.25, -0.2) is 21.9 Å². The molecule has 0 aliphatic heterocycles. The first-order chi connectivity index (χ1) is 13.6. The molecule has 1 aliphatic rings. The van der Waals surface area contributed by atoms with Gasteiger partial charge in [-0.15, -0.1) is 0 Å². The molecule has 0 aromatic heterocycles. The molecule has 0 radical (unpaired) electrons. The fraction of sp³-hybridized carbons (Fsp3) is 0.429. The van der Waals surface area contributed by atoms with Crippen LogP contribution in [0, 0.1) is 11.6 Å². The van der Waals surface area contributed by atoms with Gasteiger partial charge in [-0.1, -0.05) is 12.1 Å². The Kier molecular flexibility index (Phi) is 6.26. The zero-order valence-corrected chi connectivity index (χ0v) is 17.2. The largest absolute Gasteiger partial charge is 0.489 e. The molecule has 5 nitrogen and oxygen atoms in total. The van der Waals surface area contributed by atoms with Gasteiger partial charge in [0.15, 0.2) is 0 Å². The number of nitrogens with one attached hydrogen (secondary N) is 1. The number of hydrogen-bond donors (Lipinski definition) is 2. The van der Waals surface area contributed by atoms with Gasteiger partial charge in [0.1, 0.15) is 29.6 Å². The van der Waals surface area contributed by atoms with Crippen LogP contribution in [0.5, 0.6) is 5.75 Å². The second-order valence-corrected chi connectivity index (χ2v) is 9.94. The Balaban J connectivity index is 1.71. The highest BCUT2D eigenvalue weighted by molar-refractivity contribution is 7.90. The number of aliphatic hydroxyl groups is 1. The summed E-state index contributed by atoms with van der Waals surface area (Å²) < 4.78 is 59.2. The van der Waals surface area contributed by atoms with E-state index in [-0.39, 0.29) is 6.61 Å². The molecule has 8 heteroatoms. The van der Waals surface area contributed by atoms with Gasteiger partial charge in [0.2, 0.25) is 10.0 Å². The second kappa shape index (κ2) is 8.38. The van der Waals surface area contributed by atoms with Crippen molar-refractivity contribution in [1.82, 2.24) is 4.72 Å². The van der Waals surface area contributed by atoms with E-state index in [9.17, 15) is 22.3 Å². The average molecular weight is 425 g/mol. The summed E-state index contributed by atoms with van der Waals surface area (Å²) in [5, 5.41) is 10.6. The van der Waals surface area contributed by atoms with E-state index in [1.165, 1.54) is 12.1 Å². The molecule has 0 heterocycles. The van der Waals surface area contributed by atoms with Gasteiger partial charge in [-0.2, -0.15) is 0 Å². The van der Waals surface area contributed by atoms with Crippen molar-refractivity contribution in [2.24, 2.45) is 0 Å². The van der Waals surface area contributed by atoms with E-state index in [0.717, 1.165) is 6.07 Å². The predicted octanol–water partition coefficient (Wildman–Crippen LogP) is 3.61. The van der Waals surface area contributed by atoms with Crippen LogP contribution >= 0.6 is 0 Å². The van der Waals surface area contributed by atoms with E-state index < -0.39 is 38.6 Å². The predicted molar refractivity (Wildman–Crippen MR) is 106 cm³/mol. The van der Waals surface area contributed by atoms with E-state index >= 15 is 0 Å². The number of halogens is 2. The SMILES string of the molecule is CC(C)S(=O)(=O)NC1CCCC1(O)c1ccc(OCc2cc(F)cc(F)c2)cc1. The fourth-order valence-corrected chi connectivity index (χ4v) is 4.51. The molecule has 0 spiro atoms. The number of ether oxygens (including phenoxy) is 1. The summed E-state index contributed by atoms with van der Waals surface area (Å²) in [5.41, 5.74) is -0.341. The highest BCUT2D eigenvalue weighted by Gasteiger charge is 2.44. The Labute approximate surface area is 169 Å². The molecule has 2 unspecified atom stereocenters. The van der Waals surface area contributed by atoms with Crippen LogP contribution in [0.25, 0.3) is 0 Å². The first kappa shape index (κ1) is 21.7. The lowest BCUT2D eigenvalue weighted by Gasteiger charge is -2.31. The Morgan fingerprint density at radius 3 is 2.38 bits per heavy atom. The van der Waals surface area contributed by atoms with Crippen molar-refractivity contribution in [3.8, 4) is 5.75 Å². The lowest BCUT2D eigenvalue weighted by Crippen LogP contribution is -2.48. The molecular weight excluding hydrogens is 400 g/mol. The highest BCUT2D eigenvalue weighted by Crippen LogP contribution is 2.40. The van der Waals surface area contributed by atoms with Gasteiger partial charge in [0, 0.05) is 6.07 Å². The van der Waals surface area contributed by atoms with Gasteiger partial charge >= 0.3 is 0 Å². The third-order valence-corrected chi connectivity index (χ3v) is 7.09. The van der Waals surface area contributed by atoms with E-state index in [1.54, 1.807) is 38.1 Å². The topological polar surface area (TPSA) is 75.6 Å². The maximum absolute atomic E-state index is 13.3. The maximum Gasteiger partial charge on any atom is 0.214 e. The molecule has 2 aromatic rings. The minimum Gasteiger partial charge on any atom is -0.489 e. The lowest BCUT2D eigenvalue weighted by atomic mass is 9.89. The molecule has 0 amide bonds. The van der Waals surface area contributed by atoms with Crippen molar-refractivity contribution in [2.45, 2.75) is 56.6 Å². The number of sulfonamides is 1. The van der Waals surface area contributed by atoms with Crippen LogP contribution in [-0.2, 0) is 22.2 Å². The third kappa shape index (κ3) is 4.94. The van der Waals surface area contributed by atoms with Crippen LogP contribution in [0.15, 0.2) is 42.5 Å². The highest BCUT2D eigenvalue weighted by atomic mass is 32.2. The summed E-state index contributed by atoms with van der Waals surface area (Å²) in [6.45, 7) is 3.18. The Hall–Kier alpha value is -2.03. The van der Waals surface area contributed by atoms with Crippen molar-refractivity contribution in [3.63, 3.8) is 0 Å². The van der Waals surface area contributed by atoms with Crippen LogP contribution in [0.3, 0.4) is 0 Å². The molecule has 2 N–H and O–H groups in total. The molecule has 0 bridgehead atoms. The molecule has 2 atom stereocenters. The first-order valence-corrected chi connectivity index (χ1v) is 11.1. The molecule has 1 saturated carbocycles. The summed E-state index contributed by atoms with van der Waals surface area (Å²) in [4.78, 5) is 0. The van der Waals surface area contributed by atoms with Crippen LogP contribution in [0.1, 0.15) is 44.2 Å². The van der Waals surface area contributed by atoms with Gasteiger partial charge in [-0.3, -0.25) is 0 Å². The number of hydrogen-bond acceptors (Lipinski definition) is 4. The van der Waals surface area contributed by atoms with E-state index in [1.807, 2.05) is 0 Å². The Morgan fingerprint density at radius 2 is 1.79 bits per heavy atom. The van der Waals surface area contributed by atoms with E-state index in [2.05, 4.69) is 4.72 Å². The number of rotatable bonds is 7. The summed E-state index contributed by atoms with van der Waals surface area (Å²) in [6.07, 6.45) is 1.69. The summed E-state index contributed by atoms with van der Waals surface area (Å²) in [6, 6.07) is 9.26. The molecule has 2 aromatic carbocycles. The van der Waals surface area contributed by atoms with Crippen LogP contribution in [0.4, 0.5) is 8.78 Å². The standard InChI is InChI=1S/C21H25F2NO4S/c1-14(2)29(26,27)24-20-4-3-9-21(20,25)16-5-7-19(8-6-16)28-13-15-10-17(22)12-18(23)11-15/h5-8,10-12,14,20,24-25H,3-4,9,13H2,1-2H3. The monoisotopic (exact) mass is 425 g/mol. The second-order valence-electron chi connectivity index (χ2n) is 7.67. The van der Waals surface area contributed by atoms with Crippen molar-refractivity contribution in [3.05, 3.63) is 65.2 Å². The molecular formula is C21H25F2NO4S. The maximum atomic E-state index is 13.3. The van der Waals surface area contributed by atoms with Gasteiger partial charge < -0.3 is 9.84 Å². The summed E-state index contributed by atoms with van der Waals surface area (Å²) in [5.74, 6) is -0.867. The number of benzene rings is 2. The summed E-state index contributed by atoms with van der Waals surface area (Å²) in [7, 11) is -3.51. The van der Waals surface area contributed by atoms with Crippen LogP contribution < -0.4 is 9.46 Å². The molecule has 0 saturated heterocycles. The zero-order chi connectivity index (χ0) is 21.2. The molecule has 3 rings (SSSR count). The van der Waals surface area contributed by atoms with Crippen molar-refractivity contribution in [1.29, 1.82) is 0 Å². The molecule has 1 aliphatic carbocycles. The van der Waals surface area contributed by atoms with Crippen molar-refractivity contribution >= 4 is 10.0 Å². The van der Waals surface area contributed by atoms with Gasteiger partial charge in [0.05, 0.1) is 11.3 Å². The zero-order valence-electron chi connectivity index (χ0n) is 16.4. The van der Waals surface area contributed by atoms with Crippen molar-refractivity contribution < 1.29 is 27.0 Å². The van der Waals surface area contributed by atoms with E-state index in [4.69, 9.17) is 4.74 Å². The molecule has 158 valence electrons. The first-order valence-electron chi connectivity index (χ1n) is 9.52. The summed E-state index contributed by atoms with van der Waals surface area (Å²) >= 11 is 0. The van der Waals surface area contributed by atoms with Gasteiger partial charge in [0.25, 0.3) is 0 Å². The minimum atomic E-state index is -3.51. The fourth-order valence-electron chi connectivity index (χ4n) is 3.53.